The third kappa shape index (κ3) is 1.83. The molecule has 1 heterocycles. The van der Waals surface area contributed by atoms with Gasteiger partial charge >= 0.3 is 0 Å². The lowest BCUT2D eigenvalue weighted by Crippen LogP contribution is -2.03. The standard InChI is InChI=1S/C10H10BrFOS/c11-7-1-2-8(12)10-6(7)5-14-4-3-9(10)13/h1-2,9,13H,3-5H2. The second-order valence-electron chi connectivity index (χ2n) is 3.28. The van der Waals surface area contributed by atoms with Gasteiger partial charge in [0.05, 0.1) is 6.10 Å². The first-order valence-corrected chi connectivity index (χ1v) is 6.37. The first-order valence-electron chi connectivity index (χ1n) is 4.42. The summed E-state index contributed by atoms with van der Waals surface area (Å²) >= 11 is 5.12. The van der Waals surface area contributed by atoms with E-state index in [-0.39, 0.29) is 5.82 Å². The Bertz CT molecular complexity index is 356. The molecule has 4 heteroatoms. The van der Waals surface area contributed by atoms with Crippen molar-refractivity contribution >= 4 is 27.7 Å². The molecule has 1 N–H and O–H groups in total. The summed E-state index contributed by atoms with van der Waals surface area (Å²) in [5, 5.41) is 9.77. The van der Waals surface area contributed by atoms with Crippen LogP contribution in [-0.2, 0) is 5.75 Å². The maximum atomic E-state index is 13.5. The monoisotopic (exact) mass is 276 g/mol. The zero-order chi connectivity index (χ0) is 10.1. The molecule has 1 aromatic carbocycles. The molecule has 0 aliphatic carbocycles. The van der Waals surface area contributed by atoms with E-state index in [0.717, 1.165) is 21.5 Å². The zero-order valence-electron chi connectivity index (χ0n) is 7.46. The molecule has 14 heavy (non-hydrogen) atoms. The number of thioether (sulfide) groups is 1. The summed E-state index contributed by atoms with van der Waals surface area (Å²) in [6.07, 6.45) is -0.0251. The molecule has 0 aromatic heterocycles. The van der Waals surface area contributed by atoms with Crippen molar-refractivity contribution in [3.63, 3.8) is 0 Å². The second-order valence-corrected chi connectivity index (χ2v) is 5.24. The van der Waals surface area contributed by atoms with Crippen LogP contribution in [0.4, 0.5) is 4.39 Å². The highest BCUT2D eigenvalue weighted by Crippen LogP contribution is 2.36. The third-order valence-electron chi connectivity index (χ3n) is 2.36. The summed E-state index contributed by atoms with van der Waals surface area (Å²) in [5.74, 6) is 1.35. The molecule has 0 radical (unpaired) electrons. The highest BCUT2D eigenvalue weighted by atomic mass is 79.9. The van der Waals surface area contributed by atoms with Crippen LogP contribution in [0.1, 0.15) is 23.7 Å². The van der Waals surface area contributed by atoms with Gasteiger partial charge < -0.3 is 5.11 Å². The summed E-state index contributed by atoms with van der Waals surface area (Å²) in [6.45, 7) is 0. The summed E-state index contributed by atoms with van der Waals surface area (Å²) < 4.78 is 14.4. The van der Waals surface area contributed by atoms with Crippen molar-refractivity contribution in [3.8, 4) is 0 Å². The maximum absolute atomic E-state index is 13.5. The fourth-order valence-corrected chi connectivity index (χ4v) is 3.35. The van der Waals surface area contributed by atoms with Gasteiger partial charge in [0.2, 0.25) is 0 Å². The highest BCUT2D eigenvalue weighted by Gasteiger charge is 2.22. The predicted molar refractivity (Wildman–Crippen MR) is 59.8 cm³/mol. The molecule has 0 fully saturated rings. The van der Waals surface area contributed by atoms with E-state index in [4.69, 9.17) is 0 Å². The number of hydrogen-bond acceptors (Lipinski definition) is 2. The Hall–Kier alpha value is -0.0600. The van der Waals surface area contributed by atoms with Gasteiger partial charge in [0, 0.05) is 15.8 Å². The molecular weight excluding hydrogens is 267 g/mol. The van der Waals surface area contributed by atoms with Crippen LogP contribution < -0.4 is 0 Å². The summed E-state index contributed by atoms with van der Waals surface area (Å²) in [6, 6.07) is 3.11. The van der Waals surface area contributed by atoms with E-state index in [9.17, 15) is 9.50 Å². The van der Waals surface area contributed by atoms with Crippen LogP contribution in [0.25, 0.3) is 0 Å². The molecular formula is C10H10BrFOS. The minimum atomic E-state index is -0.655. The van der Waals surface area contributed by atoms with E-state index < -0.39 is 6.10 Å². The van der Waals surface area contributed by atoms with Crippen LogP contribution in [0.3, 0.4) is 0 Å². The lowest BCUT2D eigenvalue weighted by Gasteiger charge is -2.13. The van der Waals surface area contributed by atoms with Gasteiger partial charge in [-0.1, -0.05) is 15.9 Å². The molecule has 0 bridgehead atoms. The normalized spacial score (nSPS) is 21.5. The van der Waals surface area contributed by atoms with Crippen LogP contribution >= 0.6 is 27.7 Å². The van der Waals surface area contributed by atoms with Gasteiger partial charge in [0.25, 0.3) is 0 Å². The van der Waals surface area contributed by atoms with Crippen molar-refractivity contribution in [1.29, 1.82) is 0 Å². The molecule has 1 unspecified atom stereocenters. The number of fused-ring (bicyclic) bond motifs is 1. The molecule has 76 valence electrons. The number of rotatable bonds is 0. The topological polar surface area (TPSA) is 20.2 Å². The molecule has 2 rings (SSSR count). The fourth-order valence-electron chi connectivity index (χ4n) is 1.63. The van der Waals surface area contributed by atoms with Crippen molar-refractivity contribution in [3.05, 3.63) is 33.5 Å². The Morgan fingerprint density at radius 1 is 1.50 bits per heavy atom. The first-order chi connectivity index (χ1) is 6.70. The van der Waals surface area contributed by atoms with Gasteiger partial charge in [0.15, 0.2) is 0 Å². The second kappa shape index (κ2) is 4.21. The molecule has 0 saturated carbocycles. The number of aliphatic hydroxyl groups excluding tert-OH is 1. The molecule has 1 nitrogen and oxygen atoms in total. The van der Waals surface area contributed by atoms with Crippen LogP contribution in [0.5, 0.6) is 0 Å². The molecule has 0 amide bonds. The first kappa shape index (κ1) is 10.5. The van der Waals surface area contributed by atoms with E-state index in [1.807, 2.05) is 0 Å². The largest absolute Gasteiger partial charge is 0.388 e. The Morgan fingerprint density at radius 2 is 2.29 bits per heavy atom. The van der Waals surface area contributed by atoms with Crippen LogP contribution in [0.15, 0.2) is 16.6 Å². The summed E-state index contributed by atoms with van der Waals surface area (Å²) in [7, 11) is 0. The minimum absolute atomic E-state index is 0.293. The van der Waals surface area contributed by atoms with Crippen LogP contribution in [0.2, 0.25) is 0 Å². The van der Waals surface area contributed by atoms with Gasteiger partial charge in [0.1, 0.15) is 5.82 Å². The van der Waals surface area contributed by atoms with Crippen molar-refractivity contribution in [2.45, 2.75) is 18.3 Å². The molecule has 1 aromatic rings. The van der Waals surface area contributed by atoms with E-state index in [1.165, 1.54) is 6.07 Å². The van der Waals surface area contributed by atoms with E-state index in [1.54, 1.807) is 17.8 Å². The van der Waals surface area contributed by atoms with E-state index in [2.05, 4.69) is 15.9 Å². The predicted octanol–water partition coefficient (Wildman–Crippen LogP) is 3.26. The smallest absolute Gasteiger partial charge is 0.129 e. The number of benzene rings is 1. The Labute approximate surface area is 94.8 Å². The van der Waals surface area contributed by atoms with Crippen LogP contribution in [0, 0.1) is 5.82 Å². The molecule has 1 aliphatic rings. The van der Waals surface area contributed by atoms with Gasteiger partial charge in [-0.3, -0.25) is 0 Å². The Balaban J connectivity index is 2.57. The Kier molecular flexibility index (Phi) is 3.14. The summed E-state index contributed by atoms with van der Waals surface area (Å²) in [4.78, 5) is 0. The quantitative estimate of drug-likeness (QED) is 0.785. The van der Waals surface area contributed by atoms with Crippen molar-refractivity contribution in [2.24, 2.45) is 0 Å². The van der Waals surface area contributed by atoms with Crippen LogP contribution in [-0.4, -0.2) is 10.9 Å². The average molecular weight is 277 g/mol. The maximum Gasteiger partial charge on any atom is 0.129 e. The third-order valence-corrected chi connectivity index (χ3v) is 4.12. The Morgan fingerprint density at radius 3 is 3.07 bits per heavy atom. The molecule has 1 atom stereocenters. The minimum Gasteiger partial charge on any atom is -0.388 e. The van der Waals surface area contributed by atoms with Crippen molar-refractivity contribution in [1.82, 2.24) is 0 Å². The molecule has 0 spiro atoms. The fraction of sp³-hybridized carbons (Fsp3) is 0.400. The lowest BCUT2D eigenvalue weighted by atomic mass is 10.0. The average Bonchev–Trinajstić information content (AvgIpc) is 2.35. The van der Waals surface area contributed by atoms with Crippen molar-refractivity contribution in [2.75, 3.05) is 5.75 Å². The molecule has 1 aliphatic heterocycles. The zero-order valence-corrected chi connectivity index (χ0v) is 9.87. The van der Waals surface area contributed by atoms with E-state index >= 15 is 0 Å². The SMILES string of the molecule is OC1CCSCc2c(Br)ccc(F)c21. The van der Waals surface area contributed by atoms with Gasteiger partial charge in [-0.05, 0) is 29.9 Å². The molecule has 0 saturated heterocycles. The van der Waals surface area contributed by atoms with Gasteiger partial charge in [-0.15, -0.1) is 0 Å². The number of aliphatic hydroxyl groups is 1. The van der Waals surface area contributed by atoms with Gasteiger partial charge in [-0.25, -0.2) is 4.39 Å². The highest BCUT2D eigenvalue weighted by molar-refractivity contribution is 9.10. The number of hydrogen-bond donors (Lipinski definition) is 1. The number of halogens is 2. The van der Waals surface area contributed by atoms with Gasteiger partial charge in [-0.2, -0.15) is 11.8 Å². The lowest BCUT2D eigenvalue weighted by molar-refractivity contribution is 0.170. The van der Waals surface area contributed by atoms with E-state index in [0.29, 0.717) is 12.0 Å². The van der Waals surface area contributed by atoms with Crippen molar-refractivity contribution < 1.29 is 9.50 Å². The summed E-state index contributed by atoms with van der Waals surface area (Å²) in [5.41, 5.74) is 1.38.